The van der Waals surface area contributed by atoms with Gasteiger partial charge in [-0.05, 0) is 17.8 Å². The lowest BCUT2D eigenvalue weighted by molar-refractivity contribution is 0.348. The molecule has 1 atom stereocenters. The lowest BCUT2D eigenvalue weighted by Crippen LogP contribution is -1.92. The van der Waals surface area contributed by atoms with Crippen LogP contribution in [0.1, 0.15) is 9.67 Å². The number of ether oxygens (including phenoxy) is 2. The van der Waals surface area contributed by atoms with Gasteiger partial charge in [0, 0.05) is 2.74 Å². The molecule has 0 bridgehead atoms. The minimum absolute atomic E-state index is 0.579. The Morgan fingerprint density at radius 1 is 1.54 bits per heavy atom. The van der Waals surface area contributed by atoms with Crippen molar-refractivity contribution in [2.75, 3.05) is 19.9 Å². The fraction of sp³-hybridized carbons (Fsp3) is 0.400. The number of methoxy groups -OCH3 is 2. The zero-order valence-electron chi connectivity index (χ0n) is 9.96. The van der Waals surface area contributed by atoms with Gasteiger partial charge in [-0.25, -0.2) is 0 Å². The number of benzene rings is 1. The molecule has 0 radical (unpaired) electrons. The molecule has 0 aromatic heterocycles. The summed E-state index contributed by atoms with van der Waals surface area (Å²) in [5, 5.41) is 0. The van der Waals surface area contributed by atoms with Gasteiger partial charge in [-0.15, -0.1) is 11.8 Å². The summed E-state index contributed by atoms with van der Waals surface area (Å²) in [4.78, 5) is 0.740. The smallest absolute Gasteiger partial charge is 0.174 e. The Balaban J connectivity index is 3.06. The average molecular weight is 199 g/mol. The Morgan fingerprint density at radius 3 is 2.85 bits per heavy atom. The van der Waals surface area contributed by atoms with Gasteiger partial charge in [-0.2, -0.15) is 0 Å². The molecule has 0 spiro atoms. The van der Waals surface area contributed by atoms with Crippen LogP contribution in [0.15, 0.2) is 23.1 Å². The van der Waals surface area contributed by atoms with Crippen molar-refractivity contribution < 1.29 is 12.2 Å². The maximum absolute atomic E-state index is 7.50. The molecule has 1 aromatic carbocycles. The first kappa shape index (κ1) is 7.56. The predicted octanol–water partition coefficient (Wildman–Crippen LogP) is 2.82. The van der Waals surface area contributed by atoms with Crippen LogP contribution >= 0.6 is 11.8 Å². The van der Waals surface area contributed by atoms with Gasteiger partial charge in [-0.1, -0.05) is 13.0 Å². The third-order valence-electron chi connectivity index (χ3n) is 1.58. The van der Waals surface area contributed by atoms with Gasteiger partial charge in [0.1, 0.15) is 0 Å². The molecule has 0 aliphatic carbocycles. The number of hydrogen-bond acceptors (Lipinski definition) is 3. The summed E-state index contributed by atoms with van der Waals surface area (Å²) in [5.74, 6) is 1.20. The van der Waals surface area contributed by atoms with Crippen molar-refractivity contribution in [3.05, 3.63) is 18.2 Å². The van der Waals surface area contributed by atoms with Gasteiger partial charge in [-0.3, -0.25) is 0 Å². The SMILES string of the molecule is [1H][C@@]([2H])(C)Sc1cccc(OC)c1OC. The van der Waals surface area contributed by atoms with Crippen LogP contribution in [0, 0.1) is 0 Å². The van der Waals surface area contributed by atoms with E-state index in [1.807, 2.05) is 12.1 Å². The lowest BCUT2D eigenvalue weighted by Gasteiger charge is -2.10. The number of hydrogen-bond donors (Lipinski definition) is 0. The molecule has 0 saturated carbocycles. The molecule has 0 N–H and O–H groups in total. The Labute approximate surface area is 86.1 Å². The first-order valence-electron chi connectivity index (χ1n) is 4.88. The van der Waals surface area contributed by atoms with Crippen molar-refractivity contribution in [2.45, 2.75) is 11.8 Å². The Bertz CT molecular complexity index is 337. The Kier molecular flexibility index (Phi) is 2.92. The zero-order chi connectivity index (χ0) is 11.5. The van der Waals surface area contributed by atoms with Crippen LogP contribution in [0.25, 0.3) is 0 Å². The van der Waals surface area contributed by atoms with Crippen LogP contribution in [-0.4, -0.2) is 19.9 Å². The van der Waals surface area contributed by atoms with Gasteiger partial charge in [0.05, 0.1) is 19.1 Å². The molecule has 0 saturated heterocycles. The Hall–Kier alpha value is -0.830. The highest BCUT2D eigenvalue weighted by Gasteiger charge is 2.08. The summed E-state index contributed by atoms with van der Waals surface area (Å²) >= 11 is 1.11. The summed E-state index contributed by atoms with van der Waals surface area (Å²) in [5.41, 5.74) is -1.33. The van der Waals surface area contributed by atoms with Gasteiger partial charge in [0.15, 0.2) is 11.5 Å². The second-order valence-electron chi connectivity index (χ2n) is 2.30. The summed E-state index contributed by atoms with van der Waals surface area (Å²) in [7, 11) is 3.11. The molecule has 0 aliphatic rings. The lowest BCUT2D eigenvalue weighted by atomic mass is 10.3. The molecule has 2 nitrogen and oxygen atoms in total. The predicted molar refractivity (Wildman–Crippen MR) is 55.9 cm³/mol. The van der Waals surface area contributed by atoms with E-state index in [4.69, 9.17) is 12.2 Å². The van der Waals surface area contributed by atoms with E-state index in [0.29, 0.717) is 11.5 Å². The van der Waals surface area contributed by atoms with E-state index in [0.717, 1.165) is 16.7 Å². The molecular formula is C10H14O2S. The molecule has 1 aromatic rings. The van der Waals surface area contributed by atoms with E-state index in [1.54, 1.807) is 20.3 Å². The van der Waals surface area contributed by atoms with Gasteiger partial charge >= 0.3 is 0 Å². The maximum atomic E-state index is 7.50. The van der Waals surface area contributed by atoms with Crippen LogP contribution in [0.4, 0.5) is 0 Å². The molecule has 13 heavy (non-hydrogen) atoms. The Morgan fingerprint density at radius 2 is 2.31 bits per heavy atom. The molecule has 0 unspecified atom stereocenters. The van der Waals surface area contributed by atoms with Crippen molar-refractivity contribution in [1.82, 2.24) is 0 Å². The largest absolute Gasteiger partial charge is 0.493 e. The van der Waals surface area contributed by atoms with E-state index in [-0.39, 0.29) is 0 Å². The second kappa shape index (κ2) is 5.02. The summed E-state index contributed by atoms with van der Waals surface area (Å²) in [6, 6.07) is 5.41. The summed E-state index contributed by atoms with van der Waals surface area (Å²) in [6.07, 6.45) is 0. The highest BCUT2D eigenvalue weighted by Crippen LogP contribution is 2.36. The van der Waals surface area contributed by atoms with Crippen LogP contribution < -0.4 is 9.47 Å². The third kappa shape index (κ3) is 2.31. The minimum atomic E-state index is -1.33. The third-order valence-corrected chi connectivity index (χ3v) is 2.32. The van der Waals surface area contributed by atoms with E-state index in [9.17, 15) is 0 Å². The molecule has 72 valence electrons. The highest BCUT2D eigenvalue weighted by molar-refractivity contribution is 7.99. The van der Waals surface area contributed by atoms with Crippen molar-refractivity contribution in [2.24, 2.45) is 0 Å². The van der Waals surface area contributed by atoms with Crippen LogP contribution in [0.2, 0.25) is 0 Å². The second-order valence-corrected chi connectivity index (χ2v) is 3.35. The fourth-order valence-electron chi connectivity index (χ4n) is 1.05. The molecule has 0 amide bonds. The number of thioether (sulfide) groups is 1. The van der Waals surface area contributed by atoms with Crippen LogP contribution in [0.5, 0.6) is 11.5 Å². The van der Waals surface area contributed by atoms with Crippen molar-refractivity contribution >= 4 is 11.8 Å². The summed E-state index contributed by atoms with van der Waals surface area (Å²) < 4.78 is 25.3. The topological polar surface area (TPSA) is 18.5 Å². The first-order chi connectivity index (χ1) is 6.98. The van der Waals surface area contributed by atoms with E-state index < -0.39 is 5.70 Å². The van der Waals surface area contributed by atoms with Gasteiger partial charge in [0.2, 0.25) is 0 Å². The fourth-order valence-corrected chi connectivity index (χ4v) is 1.69. The molecule has 3 heteroatoms. The molecule has 1 rings (SSSR count). The van der Waals surface area contributed by atoms with Crippen molar-refractivity contribution in [3.8, 4) is 11.5 Å². The van der Waals surface area contributed by atoms with Gasteiger partial charge < -0.3 is 9.47 Å². The van der Waals surface area contributed by atoms with Crippen molar-refractivity contribution in [1.29, 1.82) is 0 Å². The summed E-state index contributed by atoms with van der Waals surface area (Å²) in [6.45, 7) is 1.51. The van der Waals surface area contributed by atoms with Gasteiger partial charge in [0.25, 0.3) is 0 Å². The quantitative estimate of drug-likeness (QED) is 0.695. The highest BCUT2D eigenvalue weighted by atomic mass is 32.2. The standard InChI is InChI=1S/C10H14O2S/c1-4-13-9-7-5-6-8(11-2)10(9)12-3/h5-7H,4H2,1-3H3/i4DH/t4-/m1/s1. The van der Waals surface area contributed by atoms with E-state index >= 15 is 0 Å². The zero-order valence-corrected chi connectivity index (χ0v) is 8.77. The minimum Gasteiger partial charge on any atom is -0.493 e. The monoisotopic (exact) mass is 199 g/mol. The molecule has 0 fully saturated rings. The van der Waals surface area contributed by atoms with Crippen LogP contribution in [-0.2, 0) is 0 Å². The van der Waals surface area contributed by atoms with E-state index in [1.165, 1.54) is 6.92 Å². The average Bonchev–Trinajstić information content (AvgIpc) is 2.15. The van der Waals surface area contributed by atoms with Crippen LogP contribution in [0.3, 0.4) is 0 Å². The molecule has 0 aliphatic heterocycles. The first-order valence-corrected chi connectivity index (χ1v) is 4.69. The van der Waals surface area contributed by atoms with E-state index in [2.05, 4.69) is 0 Å². The normalized spacial score (nSPS) is 16.8. The number of rotatable bonds is 4. The molecule has 0 heterocycles. The maximum Gasteiger partial charge on any atom is 0.174 e. The molecular weight excluding hydrogens is 184 g/mol. The van der Waals surface area contributed by atoms with Crippen molar-refractivity contribution in [3.63, 3.8) is 0 Å². The number of para-hydroxylation sites is 1.